The predicted octanol–water partition coefficient (Wildman–Crippen LogP) is 1.75. The third-order valence-electron chi connectivity index (χ3n) is 2.33. The molecule has 0 aromatic rings. The average Bonchev–Trinajstić information content (AvgIpc) is 2.29. The van der Waals surface area contributed by atoms with Gasteiger partial charge in [0.15, 0.2) is 5.73 Å². The predicted molar refractivity (Wildman–Crippen MR) is 69.9 cm³/mol. The first-order chi connectivity index (χ1) is 7.84. The van der Waals surface area contributed by atoms with Crippen LogP contribution in [-0.4, -0.2) is 46.7 Å². The van der Waals surface area contributed by atoms with Gasteiger partial charge in [-0.15, -0.1) is 0 Å². The van der Waals surface area contributed by atoms with E-state index in [-0.39, 0.29) is 16.7 Å². The first-order valence-corrected chi connectivity index (χ1v) is 8.06. The van der Waals surface area contributed by atoms with Crippen molar-refractivity contribution in [2.24, 2.45) is 5.92 Å². The third kappa shape index (κ3) is 4.33. The zero-order valence-corrected chi connectivity index (χ0v) is 13.7. The first-order valence-electron chi connectivity index (χ1n) is 5.34. The Morgan fingerprint density at radius 2 is 1.47 bits per heavy atom. The molecule has 0 rings (SSSR count). The molecule has 0 saturated heterocycles. The highest BCUT2D eigenvalue weighted by atomic mass is 79.9. The fourth-order valence-corrected chi connectivity index (χ4v) is 4.41. The molecule has 0 aliphatic heterocycles. The molecule has 17 heavy (non-hydrogen) atoms. The molecule has 0 aromatic carbocycles. The minimum atomic E-state index is -3.01. The SMILES string of the molecule is CO[Si](OC)(OC)C(OC(=O)C(C)C)C(C)Br. The highest BCUT2D eigenvalue weighted by Gasteiger charge is 2.52. The molecule has 0 amide bonds. The summed E-state index contributed by atoms with van der Waals surface area (Å²) in [6, 6.07) is 0. The summed E-state index contributed by atoms with van der Waals surface area (Å²) in [7, 11) is 1.46. The number of ether oxygens (including phenoxy) is 1. The van der Waals surface area contributed by atoms with Gasteiger partial charge in [0, 0.05) is 21.3 Å². The second kappa shape index (κ2) is 7.47. The molecule has 5 nitrogen and oxygen atoms in total. The molecular formula is C10H21BrO5Si. The molecule has 0 saturated carbocycles. The summed E-state index contributed by atoms with van der Waals surface area (Å²) in [5.41, 5.74) is -0.572. The molecular weight excluding hydrogens is 308 g/mol. The van der Waals surface area contributed by atoms with Crippen LogP contribution in [0.15, 0.2) is 0 Å². The van der Waals surface area contributed by atoms with Gasteiger partial charge in [0.1, 0.15) is 0 Å². The van der Waals surface area contributed by atoms with Gasteiger partial charge in [-0.25, -0.2) is 0 Å². The standard InChI is InChI=1S/C10H21BrO5Si/c1-7(2)9(12)16-10(8(3)11)17(13-4,14-5)15-6/h7-8,10H,1-6H3. The molecule has 2 unspecified atom stereocenters. The van der Waals surface area contributed by atoms with Crippen molar-refractivity contribution in [3.05, 3.63) is 0 Å². The lowest BCUT2D eigenvalue weighted by Gasteiger charge is -2.33. The Bertz CT molecular complexity index is 235. The van der Waals surface area contributed by atoms with Crippen molar-refractivity contribution in [1.82, 2.24) is 0 Å². The Labute approximate surface area is 112 Å². The second-order valence-corrected chi connectivity index (χ2v) is 8.35. The first kappa shape index (κ1) is 17.0. The summed E-state index contributed by atoms with van der Waals surface area (Å²) in [5, 5.41) is 0. The molecule has 0 N–H and O–H groups in total. The van der Waals surface area contributed by atoms with E-state index in [0.29, 0.717) is 0 Å². The van der Waals surface area contributed by atoms with E-state index < -0.39 is 14.5 Å². The van der Waals surface area contributed by atoms with Crippen LogP contribution in [0.3, 0.4) is 0 Å². The molecule has 2 atom stereocenters. The summed E-state index contributed by atoms with van der Waals surface area (Å²) in [6.07, 6.45) is 0. The van der Waals surface area contributed by atoms with Gasteiger partial charge in [0.05, 0.1) is 10.7 Å². The number of hydrogen-bond donors (Lipinski definition) is 0. The topological polar surface area (TPSA) is 54.0 Å². The lowest BCUT2D eigenvalue weighted by Crippen LogP contribution is -2.59. The minimum absolute atomic E-state index is 0.128. The van der Waals surface area contributed by atoms with Crippen LogP contribution in [0, 0.1) is 5.92 Å². The number of carbonyl (C=O) groups is 1. The largest absolute Gasteiger partial charge is 0.544 e. The Kier molecular flexibility index (Phi) is 7.50. The van der Waals surface area contributed by atoms with Crippen molar-refractivity contribution < 1.29 is 22.8 Å². The summed E-state index contributed by atoms with van der Waals surface area (Å²) in [5.74, 6) is -0.509. The van der Waals surface area contributed by atoms with Gasteiger partial charge < -0.3 is 18.0 Å². The summed E-state index contributed by atoms with van der Waals surface area (Å²) >= 11 is 3.39. The molecule has 0 spiro atoms. The summed E-state index contributed by atoms with van der Waals surface area (Å²) < 4.78 is 21.4. The molecule has 0 aliphatic carbocycles. The van der Waals surface area contributed by atoms with E-state index >= 15 is 0 Å². The Morgan fingerprint density at radius 1 is 1.06 bits per heavy atom. The minimum Gasteiger partial charge on any atom is -0.456 e. The van der Waals surface area contributed by atoms with E-state index in [2.05, 4.69) is 15.9 Å². The lowest BCUT2D eigenvalue weighted by molar-refractivity contribution is -0.152. The van der Waals surface area contributed by atoms with Gasteiger partial charge in [-0.05, 0) is 6.92 Å². The van der Waals surface area contributed by atoms with Crippen molar-refractivity contribution in [3.63, 3.8) is 0 Å². The van der Waals surface area contributed by atoms with Crippen molar-refractivity contribution >= 4 is 30.7 Å². The van der Waals surface area contributed by atoms with E-state index in [0.717, 1.165) is 0 Å². The maximum atomic E-state index is 11.7. The van der Waals surface area contributed by atoms with Crippen LogP contribution in [0.25, 0.3) is 0 Å². The van der Waals surface area contributed by atoms with Gasteiger partial charge in [0.2, 0.25) is 0 Å². The average molecular weight is 329 g/mol. The van der Waals surface area contributed by atoms with Crippen LogP contribution in [0.1, 0.15) is 20.8 Å². The van der Waals surface area contributed by atoms with E-state index in [1.165, 1.54) is 21.3 Å². The summed E-state index contributed by atoms with van der Waals surface area (Å²) in [4.78, 5) is 11.5. The monoisotopic (exact) mass is 328 g/mol. The molecule has 0 fully saturated rings. The molecule has 0 heterocycles. The van der Waals surface area contributed by atoms with Gasteiger partial charge >= 0.3 is 14.8 Å². The molecule has 0 radical (unpaired) electrons. The molecule has 0 aromatic heterocycles. The normalized spacial score (nSPS) is 15.8. The van der Waals surface area contributed by atoms with Crippen molar-refractivity contribution in [2.45, 2.75) is 31.3 Å². The van der Waals surface area contributed by atoms with Gasteiger partial charge in [-0.3, -0.25) is 4.79 Å². The number of halogens is 1. The fourth-order valence-electron chi connectivity index (χ4n) is 1.31. The number of esters is 1. The highest BCUT2D eigenvalue weighted by Crippen LogP contribution is 2.23. The maximum absolute atomic E-state index is 11.7. The van der Waals surface area contributed by atoms with E-state index in [1.807, 2.05) is 6.92 Å². The van der Waals surface area contributed by atoms with Gasteiger partial charge in [-0.2, -0.15) is 0 Å². The number of rotatable bonds is 7. The van der Waals surface area contributed by atoms with E-state index in [9.17, 15) is 4.79 Å². The summed E-state index contributed by atoms with van der Waals surface area (Å²) in [6.45, 7) is 5.40. The number of alkyl halides is 1. The Morgan fingerprint density at radius 3 is 1.71 bits per heavy atom. The number of hydrogen-bond acceptors (Lipinski definition) is 5. The van der Waals surface area contributed by atoms with Crippen LogP contribution >= 0.6 is 15.9 Å². The van der Waals surface area contributed by atoms with Crippen LogP contribution in [0.5, 0.6) is 0 Å². The zero-order valence-electron chi connectivity index (χ0n) is 11.2. The van der Waals surface area contributed by atoms with E-state index in [4.69, 9.17) is 18.0 Å². The Balaban J connectivity index is 5.00. The molecule has 0 bridgehead atoms. The smallest absolute Gasteiger partial charge is 0.456 e. The van der Waals surface area contributed by atoms with E-state index in [1.54, 1.807) is 13.8 Å². The van der Waals surface area contributed by atoms with Crippen LogP contribution in [0.4, 0.5) is 0 Å². The Hall–Kier alpha value is 0.0469. The van der Waals surface area contributed by atoms with Crippen LogP contribution < -0.4 is 0 Å². The quantitative estimate of drug-likeness (QED) is 0.405. The number of carbonyl (C=O) groups excluding carboxylic acids is 1. The molecule has 7 heteroatoms. The van der Waals surface area contributed by atoms with Crippen LogP contribution in [-0.2, 0) is 22.8 Å². The van der Waals surface area contributed by atoms with Crippen molar-refractivity contribution in [1.29, 1.82) is 0 Å². The third-order valence-corrected chi connectivity index (χ3v) is 6.32. The van der Waals surface area contributed by atoms with Crippen molar-refractivity contribution in [3.8, 4) is 0 Å². The molecule has 0 aliphatic rings. The highest BCUT2D eigenvalue weighted by molar-refractivity contribution is 9.09. The zero-order chi connectivity index (χ0) is 13.6. The second-order valence-electron chi connectivity index (χ2n) is 3.91. The van der Waals surface area contributed by atoms with Crippen LogP contribution in [0.2, 0.25) is 0 Å². The van der Waals surface area contributed by atoms with Crippen molar-refractivity contribution in [2.75, 3.05) is 21.3 Å². The maximum Gasteiger partial charge on any atom is 0.544 e. The van der Waals surface area contributed by atoms with Gasteiger partial charge in [-0.1, -0.05) is 29.8 Å². The molecule has 102 valence electrons. The fraction of sp³-hybridized carbons (Fsp3) is 0.900. The lowest BCUT2D eigenvalue weighted by atomic mass is 10.2. The van der Waals surface area contributed by atoms with Gasteiger partial charge in [0.25, 0.3) is 0 Å².